The van der Waals surface area contributed by atoms with Crippen LogP contribution in [0.1, 0.15) is 40.9 Å². The molecule has 7 heteroatoms. The molecule has 2 aromatic carbocycles. The summed E-state index contributed by atoms with van der Waals surface area (Å²) in [7, 11) is 1.56. The largest absolute Gasteiger partial charge is 0.416 e. The molecule has 0 radical (unpaired) electrons. The zero-order valence-corrected chi connectivity index (χ0v) is 16.9. The molecule has 0 aliphatic carbocycles. The Kier molecular flexibility index (Phi) is 7.06. The van der Waals surface area contributed by atoms with Crippen LogP contribution in [0.4, 0.5) is 13.2 Å². The number of hydrogen-bond donors (Lipinski definition) is 1. The van der Waals surface area contributed by atoms with Gasteiger partial charge < -0.3 is 10.2 Å². The van der Waals surface area contributed by atoms with Crippen LogP contribution in [0.2, 0.25) is 0 Å². The lowest BCUT2D eigenvalue weighted by molar-refractivity contribution is -0.137. The summed E-state index contributed by atoms with van der Waals surface area (Å²) in [5.74, 6) is -0.809. The van der Waals surface area contributed by atoms with Gasteiger partial charge in [0, 0.05) is 19.2 Å². The Bertz CT molecular complexity index is 861. The zero-order chi connectivity index (χ0) is 21.8. The first-order valence-corrected chi connectivity index (χ1v) is 9.27. The highest BCUT2D eigenvalue weighted by molar-refractivity contribution is 5.97. The average molecular weight is 406 g/mol. The predicted octanol–water partition coefficient (Wildman–Crippen LogP) is 4.43. The maximum absolute atomic E-state index is 12.9. The molecular formula is C22H25F3N2O2. The van der Waals surface area contributed by atoms with Crippen molar-refractivity contribution >= 4 is 11.8 Å². The van der Waals surface area contributed by atoms with Gasteiger partial charge in [-0.15, -0.1) is 0 Å². The quantitative estimate of drug-likeness (QED) is 0.772. The van der Waals surface area contributed by atoms with Crippen LogP contribution in [-0.4, -0.2) is 29.8 Å². The molecule has 1 N–H and O–H groups in total. The summed E-state index contributed by atoms with van der Waals surface area (Å²) in [6.07, 6.45) is -4.40. The van der Waals surface area contributed by atoms with Crippen LogP contribution < -0.4 is 5.32 Å². The van der Waals surface area contributed by atoms with Crippen molar-refractivity contribution in [2.75, 3.05) is 7.05 Å². The highest BCUT2D eigenvalue weighted by Gasteiger charge is 2.30. The van der Waals surface area contributed by atoms with Gasteiger partial charge >= 0.3 is 6.18 Å². The van der Waals surface area contributed by atoms with Gasteiger partial charge in [-0.2, -0.15) is 13.2 Å². The maximum atomic E-state index is 12.9. The molecule has 0 heterocycles. The van der Waals surface area contributed by atoms with E-state index in [1.54, 1.807) is 25.2 Å². The Morgan fingerprint density at radius 3 is 2.21 bits per heavy atom. The van der Waals surface area contributed by atoms with E-state index in [1.807, 2.05) is 26.8 Å². The van der Waals surface area contributed by atoms with Gasteiger partial charge in [-0.3, -0.25) is 9.59 Å². The number of carbonyl (C=O) groups is 2. The molecule has 4 nitrogen and oxygen atoms in total. The molecule has 1 atom stereocenters. The second kappa shape index (κ2) is 9.11. The molecular weight excluding hydrogens is 381 g/mol. The van der Waals surface area contributed by atoms with Crippen LogP contribution in [0, 0.1) is 12.8 Å². The van der Waals surface area contributed by atoms with E-state index in [1.165, 1.54) is 17.0 Å². The van der Waals surface area contributed by atoms with E-state index in [2.05, 4.69) is 5.32 Å². The number of halogens is 3. The summed E-state index contributed by atoms with van der Waals surface area (Å²) in [5, 5.41) is 2.78. The highest BCUT2D eigenvalue weighted by Crippen LogP contribution is 2.29. The molecule has 2 rings (SSSR count). The minimum absolute atomic E-state index is 0.139. The van der Waals surface area contributed by atoms with E-state index in [9.17, 15) is 22.8 Å². The lowest BCUT2D eigenvalue weighted by atomic mass is 10.0. The number of likely N-dealkylation sites (N-methyl/N-ethyl adjacent to an activating group) is 1. The van der Waals surface area contributed by atoms with E-state index in [0.29, 0.717) is 11.1 Å². The third-order valence-electron chi connectivity index (χ3n) is 4.58. The van der Waals surface area contributed by atoms with Crippen LogP contribution in [0.15, 0.2) is 48.5 Å². The summed E-state index contributed by atoms with van der Waals surface area (Å²) >= 11 is 0. The monoisotopic (exact) mass is 406 g/mol. The third-order valence-corrected chi connectivity index (χ3v) is 4.58. The van der Waals surface area contributed by atoms with Crippen molar-refractivity contribution in [3.8, 4) is 0 Å². The van der Waals surface area contributed by atoms with Gasteiger partial charge in [0.1, 0.15) is 6.04 Å². The normalized spacial score (nSPS) is 12.6. The van der Waals surface area contributed by atoms with Crippen molar-refractivity contribution in [3.63, 3.8) is 0 Å². The van der Waals surface area contributed by atoms with Gasteiger partial charge in [-0.25, -0.2) is 0 Å². The fraction of sp³-hybridized carbons (Fsp3) is 0.364. The third kappa shape index (κ3) is 6.07. The molecule has 2 amide bonds. The number of rotatable bonds is 6. The summed E-state index contributed by atoms with van der Waals surface area (Å²) in [6.45, 7) is 5.66. The zero-order valence-electron chi connectivity index (χ0n) is 16.9. The van der Waals surface area contributed by atoms with Crippen molar-refractivity contribution in [2.45, 2.75) is 39.5 Å². The predicted molar refractivity (Wildman–Crippen MR) is 105 cm³/mol. The molecule has 2 aromatic rings. The first-order chi connectivity index (χ1) is 13.5. The van der Waals surface area contributed by atoms with Crippen LogP contribution >= 0.6 is 0 Å². The van der Waals surface area contributed by atoms with Crippen molar-refractivity contribution in [3.05, 3.63) is 70.8 Å². The number of nitrogens with one attached hydrogen (secondary N) is 1. The summed E-state index contributed by atoms with van der Waals surface area (Å²) in [4.78, 5) is 26.8. The van der Waals surface area contributed by atoms with Gasteiger partial charge in [0.25, 0.3) is 5.91 Å². The highest BCUT2D eigenvalue weighted by atomic mass is 19.4. The summed E-state index contributed by atoms with van der Waals surface area (Å²) < 4.78 is 38.1. The van der Waals surface area contributed by atoms with Crippen molar-refractivity contribution in [1.29, 1.82) is 0 Å². The second-order valence-corrected chi connectivity index (χ2v) is 7.45. The van der Waals surface area contributed by atoms with Gasteiger partial charge in [0.05, 0.1) is 5.56 Å². The second-order valence-electron chi connectivity index (χ2n) is 7.45. The number of carbonyl (C=O) groups excluding carboxylic acids is 2. The van der Waals surface area contributed by atoms with E-state index < -0.39 is 17.8 Å². The maximum Gasteiger partial charge on any atom is 0.416 e. The van der Waals surface area contributed by atoms with E-state index >= 15 is 0 Å². The molecule has 0 bridgehead atoms. The molecule has 0 spiro atoms. The SMILES string of the molecule is Cc1cccc(C(=O)N[C@H](C(=O)N(C)Cc2ccc(C(F)(F)F)cc2)C(C)C)c1. The first-order valence-electron chi connectivity index (χ1n) is 9.27. The van der Waals surface area contributed by atoms with Crippen molar-refractivity contribution < 1.29 is 22.8 Å². The van der Waals surface area contributed by atoms with Gasteiger partial charge in [0.2, 0.25) is 5.91 Å². The number of alkyl halides is 3. The lowest BCUT2D eigenvalue weighted by Crippen LogP contribution is -2.50. The summed E-state index contributed by atoms with van der Waals surface area (Å²) in [6, 6.07) is 11.0. The molecule has 0 aliphatic heterocycles. The molecule has 156 valence electrons. The summed E-state index contributed by atoms with van der Waals surface area (Å²) in [5.41, 5.74) is 1.24. The fourth-order valence-electron chi connectivity index (χ4n) is 2.91. The van der Waals surface area contributed by atoms with E-state index in [-0.39, 0.29) is 24.3 Å². The van der Waals surface area contributed by atoms with Crippen LogP contribution in [-0.2, 0) is 17.5 Å². The lowest BCUT2D eigenvalue weighted by Gasteiger charge is -2.27. The van der Waals surface area contributed by atoms with Crippen molar-refractivity contribution in [1.82, 2.24) is 10.2 Å². The minimum Gasteiger partial charge on any atom is -0.340 e. The smallest absolute Gasteiger partial charge is 0.340 e. The van der Waals surface area contributed by atoms with Crippen molar-refractivity contribution in [2.24, 2.45) is 5.92 Å². The topological polar surface area (TPSA) is 49.4 Å². The molecule has 0 aliphatic rings. The number of nitrogens with zero attached hydrogens (tertiary/aromatic N) is 1. The number of benzene rings is 2. The standard InChI is InChI=1S/C22H25F3N2O2/c1-14(2)19(26-20(28)17-7-5-6-15(3)12-17)21(29)27(4)13-16-8-10-18(11-9-16)22(23,24)25/h5-12,14,19H,13H2,1-4H3,(H,26,28)/t19-/m0/s1. The first kappa shape index (κ1) is 22.5. The minimum atomic E-state index is -4.40. The molecule has 0 saturated carbocycles. The molecule has 0 saturated heterocycles. The van der Waals surface area contributed by atoms with Gasteiger partial charge in [0.15, 0.2) is 0 Å². The Morgan fingerprint density at radius 1 is 1.07 bits per heavy atom. The van der Waals surface area contributed by atoms with Gasteiger partial charge in [-0.05, 0) is 42.7 Å². The Morgan fingerprint density at radius 2 is 1.69 bits per heavy atom. The molecule has 29 heavy (non-hydrogen) atoms. The van der Waals surface area contributed by atoms with E-state index in [4.69, 9.17) is 0 Å². The average Bonchev–Trinajstić information content (AvgIpc) is 2.64. The fourth-order valence-corrected chi connectivity index (χ4v) is 2.91. The molecule has 0 unspecified atom stereocenters. The van der Waals surface area contributed by atoms with Crippen LogP contribution in [0.5, 0.6) is 0 Å². The Balaban J connectivity index is 2.08. The van der Waals surface area contributed by atoms with Crippen LogP contribution in [0.25, 0.3) is 0 Å². The van der Waals surface area contributed by atoms with Crippen LogP contribution in [0.3, 0.4) is 0 Å². The number of aryl methyl sites for hydroxylation is 1. The van der Waals surface area contributed by atoms with E-state index in [0.717, 1.165) is 17.7 Å². The molecule has 0 aromatic heterocycles. The Labute approximate surface area is 168 Å². The number of amides is 2. The Hall–Kier alpha value is -2.83. The van der Waals surface area contributed by atoms with Gasteiger partial charge in [-0.1, -0.05) is 43.7 Å². The number of hydrogen-bond acceptors (Lipinski definition) is 2. The molecule has 0 fully saturated rings.